The fourth-order valence-electron chi connectivity index (χ4n) is 2.63. The van der Waals surface area contributed by atoms with Gasteiger partial charge in [0.15, 0.2) is 0 Å². The molecule has 0 aromatic heterocycles. The summed E-state index contributed by atoms with van der Waals surface area (Å²) in [6.45, 7) is 3.57. The standard InChI is InChI=1S/C16H25BrN2/c1-19(13-10-16-4-2-3-11-18-16)12-9-14-5-7-15(17)8-6-14/h5-8,16,18H,2-4,9-13H2,1H3. The lowest BCUT2D eigenvalue weighted by molar-refractivity contribution is 0.290. The maximum absolute atomic E-state index is 3.62. The van der Waals surface area contributed by atoms with E-state index in [0.717, 1.165) is 23.5 Å². The highest BCUT2D eigenvalue weighted by atomic mass is 79.9. The minimum absolute atomic E-state index is 0.754. The van der Waals surface area contributed by atoms with Gasteiger partial charge in [-0.05, 0) is 63.5 Å². The zero-order valence-corrected chi connectivity index (χ0v) is 13.5. The SMILES string of the molecule is CN(CCc1ccc(Br)cc1)CCC1CCCCN1. The topological polar surface area (TPSA) is 15.3 Å². The lowest BCUT2D eigenvalue weighted by atomic mass is 10.0. The van der Waals surface area contributed by atoms with Gasteiger partial charge >= 0.3 is 0 Å². The number of hydrogen-bond donors (Lipinski definition) is 1. The van der Waals surface area contributed by atoms with E-state index in [9.17, 15) is 0 Å². The lowest BCUT2D eigenvalue weighted by Crippen LogP contribution is -2.37. The van der Waals surface area contributed by atoms with E-state index >= 15 is 0 Å². The summed E-state index contributed by atoms with van der Waals surface area (Å²) in [5.74, 6) is 0. The second kappa shape index (κ2) is 8.03. The molecule has 1 aliphatic heterocycles. The third-order valence-corrected chi connectivity index (χ3v) is 4.50. The molecule has 1 atom stereocenters. The van der Waals surface area contributed by atoms with Gasteiger partial charge in [-0.25, -0.2) is 0 Å². The van der Waals surface area contributed by atoms with Gasteiger partial charge in [-0.3, -0.25) is 0 Å². The van der Waals surface area contributed by atoms with Crippen LogP contribution in [0.15, 0.2) is 28.7 Å². The van der Waals surface area contributed by atoms with Crippen molar-refractivity contribution in [1.82, 2.24) is 10.2 Å². The molecule has 1 aromatic rings. The van der Waals surface area contributed by atoms with E-state index in [1.165, 1.54) is 44.3 Å². The van der Waals surface area contributed by atoms with E-state index in [4.69, 9.17) is 0 Å². The highest BCUT2D eigenvalue weighted by Gasteiger charge is 2.12. The zero-order chi connectivity index (χ0) is 13.5. The highest BCUT2D eigenvalue weighted by Crippen LogP contribution is 2.12. The predicted octanol–water partition coefficient (Wildman–Crippen LogP) is 3.46. The van der Waals surface area contributed by atoms with E-state index in [0.29, 0.717) is 0 Å². The molecule has 0 saturated carbocycles. The molecule has 3 heteroatoms. The maximum atomic E-state index is 3.62. The van der Waals surface area contributed by atoms with Crippen molar-refractivity contribution in [3.8, 4) is 0 Å². The monoisotopic (exact) mass is 324 g/mol. The van der Waals surface area contributed by atoms with Crippen molar-refractivity contribution in [2.75, 3.05) is 26.7 Å². The van der Waals surface area contributed by atoms with Crippen LogP contribution in [0.3, 0.4) is 0 Å². The van der Waals surface area contributed by atoms with Gasteiger partial charge in [0.1, 0.15) is 0 Å². The summed E-state index contributed by atoms with van der Waals surface area (Å²) in [7, 11) is 2.24. The number of benzene rings is 1. The van der Waals surface area contributed by atoms with Gasteiger partial charge in [-0.1, -0.05) is 34.5 Å². The molecular formula is C16H25BrN2. The molecule has 2 nitrogen and oxygen atoms in total. The Kier molecular flexibility index (Phi) is 6.35. The van der Waals surface area contributed by atoms with Crippen LogP contribution in [0.2, 0.25) is 0 Å². The molecule has 1 unspecified atom stereocenters. The number of nitrogens with one attached hydrogen (secondary N) is 1. The number of nitrogens with zero attached hydrogens (tertiary/aromatic N) is 1. The van der Waals surface area contributed by atoms with Gasteiger partial charge in [0, 0.05) is 17.1 Å². The Bertz CT molecular complexity index is 358. The molecule has 0 amide bonds. The number of hydrogen-bond acceptors (Lipinski definition) is 2. The number of halogens is 1. The first-order valence-electron chi connectivity index (χ1n) is 7.40. The first kappa shape index (κ1) is 15.0. The van der Waals surface area contributed by atoms with Gasteiger partial charge in [0.2, 0.25) is 0 Å². The Balaban J connectivity index is 1.63. The van der Waals surface area contributed by atoms with Gasteiger partial charge in [-0.15, -0.1) is 0 Å². The summed E-state index contributed by atoms with van der Waals surface area (Å²) < 4.78 is 1.16. The average molecular weight is 325 g/mol. The second-order valence-electron chi connectivity index (χ2n) is 5.62. The van der Waals surface area contributed by atoms with Crippen LogP contribution in [0.1, 0.15) is 31.2 Å². The Morgan fingerprint density at radius 1 is 1.21 bits per heavy atom. The number of rotatable bonds is 6. The third kappa shape index (κ3) is 5.64. The van der Waals surface area contributed by atoms with Crippen molar-refractivity contribution in [3.05, 3.63) is 34.3 Å². The smallest absolute Gasteiger partial charge is 0.0175 e. The fraction of sp³-hybridized carbons (Fsp3) is 0.625. The zero-order valence-electron chi connectivity index (χ0n) is 11.9. The van der Waals surface area contributed by atoms with Gasteiger partial charge in [0.05, 0.1) is 0 Å². The molecule has 1 saturated heterocycles. The van der Waals surface area contributed by atoms with Crippen LogP contribution in [0.4, 0.5) is 0 Å². The van der Waals surface area contributed by atoms with Crippen molar-refractivity contribution >= 4 is 15.9 Å². The third-order valence-electron chi connectivity index (χ3n) is 3.97. The number of piperidine rings is 1. The molecule has 1 N–H and O–H groups in total. The number of likely N-dealkylation sites (N-methyl/N-ethyl adjacent to an activating group) is 1. The predicted molar refractivity (Wildman–Crippen MR) is 85.6 cm³/mol. The molecule has 1 heterocycles. The molecule has 0 spiro atoms. The molecular weight excluding hydrogens is 300 g/mol. The van der Waals surface area contributed by atoms with E-state index in [1.54, 1.807) is 0 Å². The van der Waals surface area contributed by atoms with E-state index < -0.39 is 0 Å². The van der Waals surface area contributed by atoms with Crippen LogP contribution in [-0.4, -0.2) is 37.6 Å². The quantitative estimate of drug-likeness (QED) is 0.862. The van der Waals surface area contributed by atoms with Crippen molar-refractivity contribution < 1.29 is 0 Å². The van der Waals surface area contributed by atoms with Gasteiger partial charge < -0.3 is 10.2 Å². The van der Waals surface area contributed by atoms with Crippen LogP contribution in [0.25, 0.3) is 0 Å². The van der Waals surface area contributed by atoms with Crippen LogP contribution < -0.4 is 5.32 Å². The minimum Gasteiger partial charge on any atom is -0.314 e. The van der Waals surface area contributed by atoms with Crippen LogP contribution >= 0.6 is 15.9 Å². The Hall–Kier alpha value is -0.380. The largest absolute Gasteiger partial charge is 0.314 e. The van der Waals surface area contributed by atoms with E-state index in [2.05, 4.69) is 57.5 Å². The van der Waals surface area contributed by atoms with Gasteiger partial charge in [-0.2, -0.15) is 0 Å². The lowest BCUT2D eigenvalue weighted by Gasteiger charge is -2.26. The Labute approximate surface area is 125 Å². The summed E-state index contributed by atoms with van der Waals surface area (Å²) in [5.41, 5.74) is 1.42. The van der Waals surface area contributed by atoms with Crippen molar-refractivity contribution in [3.63, 3.8) is 0 Å². The van der Waals surface area contributed by atoms with Crippen molar-refractivity contribution in [2.24, 2.45) is 0 Å². The van der Waals surface area contributed by atoms with E-state index in [1.807, 2.05) is 0 Å². The second-order valence-corrected chi connectivity index (χ2v) is 6.53. The van der Waals surface area contributed by atoms with Crippen molar-refractivity contribution in [2.45, 2.75) is 38.1 Å². The van der Waals surface area contributed by atoms with Crippen LogP contribution in [0.5, 0.6) is 0 Å². The Morgan fingerprint density at radius 2 is 2.00 bits per heavy atom. The highest BCUT2D eigenvalue weighted by molar-refractivity contribution is 9.10. The summed E-state index contributed by atoms with van der Waals surface area (Å²) in [6, 6.07) is 9.42. The van der Waals surface area contributed by atoms with Crippen molar-refractivity contribution in [1.29, 1.82) is 0 Å². The van der Waals surface area contributed by atoms with Gasteiger partial charge in [0.25, 0.3) is 0 Å². The summed E-state index contributed by atoms with van der Waals surface area (Å²) >= 11 is 3.48. The molecule has 1 aromatic carbocycles. The van der Waals surface area contributed by atoms with Crippen LogP contribution in [0, 0.1) is 0 Å². The summed E-state index contributed by atoms with van der Waals surface area (Å²) in [4.78, 5) is 2.46. The van der Waals surface area contributed by atoms with E-state index in [-0.39, 0.29) is 0 Å². The molecule has 106 valence electrons. The average Bonchev–Trinajstić information content (AvgIpc) is 2.45. The first-order chi connectivity index (χ1) is 9.24. The minimum atomic E-state index is 0.754. The summed E-state index contributed by atoms with van der Waals surface area (Å²) in [6.07, 6.45) is 6.55. The van der Waals surface area contributed by atoms with Crippen LogP contribution in [-0.2, 0) is 6.42 Å². The molecule has 1 fully saturated rings. The molecule has 19 heavy (non-hydrogen) atoms. The molecule has 0 radical (unpaired) electrons. The maximum Gasteiger partial charge on any atom is 0.0175 e. The molecule has 2 rings (SSSR count). The molecule has 1 aliphatic rings. The fourth-order valence-corrected chi connectivity index (χ4v) is 2.89. The normalized spacial score (nSPS) is 19.8. The molecule has 0 aliphatic carbocycles. The first-order valence-corrected chi connectivity index (χ1v) is 8.20. The summed E-state index contributed by atoms with van der Waals surface area (Å²) in [5, 5.41) is 3.62. The Morgan fingerprint density at radius 3 is 2.68 bits per heavy atom. The molecule has 0 bridgehead atoms.